The Morgan fingerprint density at radius 2 is 1.58 bits per heavy atom. The number of hydrogen-bond acceptors (Lipinski definition) is 3. The van der Waals surface area contributed by atoms with E-state index in [1.54, 1.807) is 14.2 Å². The van der Waals surface area contributed by atoms with E-state index in [1.165, 1.54) is 11.1 Å². The van der Waals surface area contributed by atoms with Crippen molar-refractivity contribution in [3.05, 3.63) is 35.4 Å². The van der Waals surface area contributed by atoms with Crippen molar-refractivity contribution in [3.63, 3.8) is 0 Å². The standard InChI is InChI=1S/C16H27NO2/c1-12(15(18-5)19-6)17-11-13-7-9-14(10-8-13)16(2,3)4/h7-10,12,15,17H,11H2,1-6H3. The summed E-state index contributed by atoms with van der Waals surface area (Å²) < 4.78 is 10.5. The van der Waals surface area contributed by atoms with Crippen molar-refractivity contribution in [2.24, 2.45) is 0 Å². The van der Waals surface area contributed by atoms with Gasteiger partial charge < -0.3 is 14.8 Å². The van der Waals surface area contributed by atoms with Gasteiger partial charge in [-0.15, -0.1) is 0 Å². The molecule has 0 radical (unpaired) electrons. The van der Waals surface area contributed by atoms with Crippen molar-refractivity contribution < 1.29 is 9.47 Å². The Bertz CT molecular complexity index is 363. The molecule has 0 aromatic heterocycles. The van der Waals surface area contributed by atoms with Crippen molar-refractivity contribution in [2.45, 2.75) is 52.0 Å². The first-order valence-corrected chi connectivity index (χ1v) is 6.77. The highest BCUT2D eigenvalue weighted by molar-refractivity contribution is 5.27. The van der Waals surface area contributed by atoms with Crippen molar-refractivity contribution in [1.29, 1.82) is 0 Å². The molecule has 1 atom stereocenters. The molecule has 0 saturated carbocycles. The van der Waals surface area contributed by atoms with E-state index in [9.17, 15) is 0 Å². The molecule has 1 aromatic rings. The van der Waals surface area contributed by atoms with E-state index in [4.69, 9.17) is 9.47 Å². The number of ether oxygens (including phenoxy) is 2. The van der Waals surface area contributed by atoms with Crippen LogP contribution >= 0.6 is 0 Å². The Kier molecular flexibility index (Phi) is 5.98. The Labute approximate surface area is 117 Å². The smallest absolute Gasteiger partial charge is 0.171 e. The molecule has 0 aliphatic rings. The molecular weight excluding hydrogens is 238 g/mol. The molecular formula is C16H27NO2. The molecule has 3 nitrogen and oxygen atoms in total. The Hall–Kier alpha value is -0.900. The van der Waals surface area contributed by atoms with Gasteiger partial charge in [-0.2, -0.15) is 0 Å². The van der Waals surface area contributed by atoms with Gasteiger partial charge in [-0.05, 0) is 23.5 Å². The highest BCUT2D eigenvalue weighted by Crippen LogP contribution is 2.22. The van der Waals surface area contributed by atoms with Gasteiger partial charge in [-0.3, -0.25) is 0 Å². The van der Waals surface area contributed by atoms with Gasteiger partial charge in [0.15, 0.2) is 6.29 Å². The van der Waals surface area contributed by atoms with Crippen molar-refractivity contribution in [1.82, 2.24) is 5.32 Å². The Balaban J connectivity index is 2.55. The molecule has 108 valence electrons. The van der Waals surface area contributed by atoms with Crippen LogP contribution in [0.25, 0.3) is 0 Å². The SMILES string of the molecule is COC(OC)C(C)NCc1ccc(C(C)(C)C)cc1. The summed E-state index contributed by atoms with van der Waals surface area (Å²) in [4.78, 5) is 0. The molecule has 0 bridgehead atoms. The van der Waals surface area contributed by atoms with Crippen LogP contribution in [0, 0.1) is 0 Å². The summed E-state index contributed by atoms with van der Waals surface area (Å²) in [5.41, 5.74) is 2.83. The van der Waals surface area contributed by atoms with Gasteiger partial charge in [-0.1, -0.05) is 45.0 Å². The maximum Gasteiger partial charge on any atom is 0.171 e. The topological polar surface area (TPSA) is 30.5 Å². The van der Waals surface area contributed by atoms with E-state index in [0.29, 0.717) is 0 Å². The maximum atomic E-state index is 5.23. The van der Waals surface area contributed by atoms with Crippen molar-refractivity contribution in [2.75, 3.05) is 14.2 Å². The van der Waals surface area contributed by atoms with Crippen LogP contribution in [-0.2, 0) is 21.4 Å². The summed E-state index contributed by atoms with van der Waals surface area (Å²) in [6.07, 6.45) is -0.214. The maximum absolute atomic E-state index is 5.23. The molecule has 3 heteroatoms. The fourth-order valence-corrected chi connectivity index (χ4v) is 2.00. The zero-order chi connectivity index (χ0) is 14.5. The van der Waals surface area contributed by atoms with E-state index in [1.807, 2.05) is 0 Å². The second-order valence-corrected chi connectivity index (χ2v) is 5.96. The zero-order valence-electron chi connectivity index (χ0n) is 13.0. The van der Waals surface area contributed by atoms with Gasteiger partial charge in [0.05, 0.1) is 6.04 Å². The van der Waals surface area contributed by atoms with Gasteiger partial charge in [-0.25, -0.2) is 0 Å². The van der Waals surface area contributed by atoms with E-state index >= 15 is 0 Å². The van der Waals surface area contributed by atoms with Crippen molar-refractivity contribution in [3.8, 4) is 0 Å². The number of methoxy groups -OCH3 is 2. The average molecular weight is 265 g/mol. The van der Waals surface area contributed by atoms with Gasteiger partial charge in [0, 0.05) is 20.8 Å². The summed E-state index contributed by atoms with van der Waals surface area (Å²) in [5, 5.41) is 3.41. The lowest BCUT2D eigenvalue weighted by Gasteiger charge is -2.23. The normalized spacial score (nSPS) is 13.8. The van der Waals surface area contributed by atoms with Crippen LogP contribution in [0.1, 0.15) is 38.8 Å². The Morgan fingerprint density at radius 3 is 2.00 bits per heavy atom. The molecule has 0 aliphatic carbocycles. The van der Waals surface area contributed by atoms with E-state index in [-0.39, 0.29) is 17.7 Å². The minimum Gasteiger partial charge on any atom is -0.354 e. The van der Waals surface area contributed by atoms with Gasteiger partial charge in [0.2, 0.25) is 0 Å². The first kappa shape index (κ1) is 16.2. The molecule has 0 heterocycles. The molecule has 1 rings (SSSR count). The second kappa shape index (κ2) is 7.04. The number of nitrogens with one attached hydrogen (secondary N) is 1. The average Bonchev–Trinajstić information content (AvgIpc) is 2.37. The van der Waals surface area contributed by atoms with Crippen LogP contribution in [-0.4, -0.2) is 26.6 Å². The number of benzene rings is 1. The van der Waals surface area contributed by atoms with Crippen LogP contribution in [0.4, 0.5) is 0 Å². The summed E-state index contributed by atoms with van der Waals surface area (Å²) in [7, 11) is 3.31. The quantitative estimate of drug-likeness (QED) is 0.802. The molecule has 0 fully saturated rings. The third-order valence-corrected chi connectivity index (χ3v) is 3.32. The highest BCUT2D eigenvalue weighted by atomic mass is 16.7. The first-order chi connectivity index (χ1) is 8.88. The van der Waals surface area contributed by atoms with Crippen LogP contribution in [0.5, 0.6) is 0 Å². The fraction of sp³-hybridized carbons (Fsp3) is 0.625. The molecule has 0 spiro atoms. The lowest BCUT2D eigenvalue weighted by Crippen LogP contribution is -2.39. The summed E-state index contributed by atoms with van der Waals surface area (Å²) in [5.74, 6) is 0. The van der Waals surface area contributed by atoms with Crippen LogP contribution in [0.2, 0.25) is 0 Å². The largest absolute Gasteiger partial charge is 0.354 e. The predicted octanol–water partition coefficient (Wildman–Crippen LogP) is 3.08. The van der Waals surface area contributed by atoms with Crippen molar-refractivity contribution >= 4 is 0 Å². The third-order valence-electron chi connectivity index (χ3n) is 3.32. The van der Waals surface area contributed by atoms with Crippen LogP contribution in [0.15, 0.2) is 24.3 Å². The lowest BCUT2D eigenvalue weighted by molar-refractivity contribution is -0.119. The molecule has 0 amide bonds. The molecule has 19 heavy (non-hydrogen) atoms. The van der Waals surface area contributed by atoms with Gasteiger partial charge in [0.1, 0.15) is 0 Å². The molecule has 1 N–H and O–H groups in total. The van der Waals surface area contributed by atoms with Gasteiger partial charge >= 0.3 is 0 Å². The Morgan fingerprint density at radius 1 is 1.05 bits per heavy atom. The van der Waals surface area contributed by atoms with Gasteiger partial charge in [0.25, 0.3) is 0 Å². The van der Waals surface area contributed by atoms with Crippen LogP contribution in [0.3, 0.4) is 0 Å². The number of rotatable bonds is 6. The van der Waals surface area contributed by atoms with E-state index in [0.717, 1.165) is 6.54 Å². The summed E-state index contributed by atoms with van der Waals surface area (Å²) >= 11 is 0. The van der Waals surface area contributed by atoms with E-state index in [2.05, 4.69) is 57.3 Å². The van der Waals surface area contributed by atoms with Crippen LogP contribution < -0.4 is 5.32 Å². The fourth-order valence-electron chi connectivity index (χ4n) is 2.00. The zero-order valence-corrected chi connectivity index (χ0v) is 13.0. The minimum atomic E-state index is -0.214. The third kappa shape index (κ3) is 4.94. The molecule has 1 aromatic carbocycles. The molecule has 0 saturated heterocycles. The predicted molar refractivity (Wildman–Crippen MR) is 79.2 cm³/mol. The first-order valence-electron chi connectivity index (χ1n) is 6.77. The second-order valence-electron chi connectivity index (χ2n) is 5.96. The number of hydrogen-bond donors (Lipinski definition) is 1. The monoisotopic (exact) mass is 265 g/mol. The molecule has 1 unspecified atom stereocenters. The highest BCUT2D eigenvalue weighted by Gasteiger charge is 2.15. The summed E-state index contributed by atoms with van der Waals surface area (Å²) in [6, 6.07) is 8.90. The molecule has 0 aliphatic heterocycles. The van der Waals surface area contributed by atoms with E-state index < -0.39 is 0 Å². The minimum absolute atomic E-state index is 0.150. The summed E-state index contributed by atoms with van der Waals surface area (Å²) in [6.45, 7) is 9.55. The lowest BCUT2D eigenvalue weighted by atomic mass is 9.87.